The van der Waals surface area contributed by atoms with Crippen molar-refractivity contribution in [1.29, 1.82) is 0 Å². The van der Waals surface area contributed by atoms with Crippen LogP contribution in [0.1, 0.15) is 17.5 Å². The second kappa shape index (κ2) is 12.6. The van der Waals surface area contributed by atoms with Crippen LogP contribution in [0.2, 0.25) is 5.02 Å². The molecule has 0 atom stereocenters. The Kier molecular flexibility index (Phi) is 9.75. The van der Waals surface area contributed by atoms with Crippen LogP contribution in [0.3, 0.4) is 0 Å². The quantitative estimate of drug-likeness (QED) is 0.167. The summed E-state index contributed by atoms with van der Waals surface area (Å²) in [4.78, 5) is 13.1. The van der Waals surface area contributed by atoms with Gasteiger partial charge in [-0.3, -0.25) is 14.9 Å². The zero-order valence-electron chi connectivity index (χ0n) is 16.9. The molecule has 0 saturated heterocycles. The van der Waals surface area contributed by atoms with Gasteiger partial charge < -0.3 is 10.1 Å². The molecule has 0 unspecified atom stereocenters. The van der Waals surface area contributed by atoms with E-state index in [0.29, 0.717) is 30.5 Å². The van der Waals surface area contributed by atoms with Crippen LogP contribution >= 0.6 is 11.6 Å². The lowest BCUT2D eigenvalue weighted by Gasteiger charge is -2.14. The van der Waals surface area contributed by atoms with Crippen molar-refractivity contribution in [3.8, 4) is 18.1 Å². The van der Waals surface area contributed by atoms with Gasteiger partial charge in [0.1, 0.15) is 5.75 Å². The Morgan fingerprint density at radius 1 is 1.30 bits per heavy atom. The summed E-state index contributed by atoms with van der Waals surface area (Å²) in [6, 6.07) is 13.3. The Morgan fingerprint density at radius 2 is 2.07 bits per heavy atom. The first kappa shape index (κ1) is 23.3. The molecule has 3 N–H and O–H groups in total. The Balaban J connectivity index is 1.85. The van der Waals surface area contributed by atoms with Gasteiger partial charge >= 0.3 is 0 Å². The SMILES string of the molecule is C#CCN(C)CCCOc1cc(NCc2ccc(/C=C/C(=O)NO)cc2)ccc1Cl. The van der Waals surface area contributed by atoms with Gasteiger partial charge in [0.25, 0.3) is 5.91 Å². The molecule has 0 saturated carbocycles. The van der Waals surface area contributed by atoms with Crippen LogP contribution in [0.5, 0.6) is 5.75 Å². The summed E-state index contributed by atoms with van der Waals surface area (Å²) in [5.74, 6) is 2.69. The monoisotopic (exact) mass is 427 g/mol. The highest BCUT2D eigenvalue weighted by atomic mass is 35.5. The van der Waals surface area contributed by atoms with Crippen molar-refractivity contribution in [2.75, 3.05) is 32.1 Å². The molecule has 2 aromatic rings. The van der Waals surface area contributed by atoms with Gasteiger partial charge in [-0.15, -0.1) is 6.42 Å². The van der Waals surface area contributed by atoms with Crippen LogP contribution in [0.4, 0.5) is 5.69 Å². The first-order chi connectivity index (χ1) is 14.5. The normalized spacial score (nSPS) is 10.8. The van der Waals surface area contributed by atoms with Gasteiger partial charge in [-0.1, -0.05) is 41.8 Å². The molecule has 0 fully saturated rings. The van der Waals surface area contributed by atoms with Crippen molar-refractivity contribution >= 4 is 29.3 Å². The highest BCUT2D eigenvalue weighted by Gasteiger charge is 2.05. The van der Waals surface area contributed by atoms with Gasteiger partial charge in [0.15, 0.2) is 0 Å². The third-order valence-electron chi connectivity index (χ3n) is 4.25. The summed E-state index contributed by atoms with van der Waals surface area (Å²) in [6.07, 6.45) is 9.03. The van der Waals surface area contributed by atoms with Crippen molar-refractivity contribution < 1.29 is 14.7 Å². The first-order valence-corrected chi connectivity index (χ1v) is 9.89. The van der Waals surface area contributed by atoms with Crippen LogP contribution in [0.15, 0.2) is 48.5 Å². The van der Waals surface area contributed by atoms with Crippen LogP contribution in [0, 0.1) is 12.3 Å². The third-order valence-corrected chi connectivity index (χ3v) is 4.56. The fraction of sp³-hybridized carbons (Fsp3) is 0.261. The van der Waals surface area contributed by atoms with E-state index in [1.54, 1.807) is 11.6 Å². The van der Waals surface area contributed by atoms with Crippen LogP contribution in [-0.4, -0.2) is 42.8 Å². The number of carbonyl (C=O) groups is 1. The minimum atomic E-state index is -0.568. The van der Waals surface area contributed by atoms with E-state index in [4.69, 9.17) is 28.0 Å². The highest BCUT2D eigenvalue weighted by molar-refractivity contribution is 6.32. The van der Waals surface area contributed by atoms with Crippen LogP contribution in [0.25, 0.3) is 6.08 Å². The fourth-order valence-corrected chi connectivity index (χ4v) is 2.81. The minimum Gasteiger partial charge on any atom is -0.492 e. The summed E-state index contributed by atoms with van der Waals surface area (Å²) < 4.78 is 5.82. The maximum absolute atomic E-state index is 11.0. The van der Waals surface area contributed by atoms with Crippen molar-refractivity contribution in [3.05, 3.63) is 64.7 Å². The lowest BCUT2D eigenvalue weighted by atomic mass is 10.1. The van der Waals surface area contributed by atoms with E-state index < -0.39 is 5.91 Å². The maximum Gasteiger partial charge on any atom is 0.267 e. The summed E-state index contributed by atoms with van der Waals surface area (Å²) in [5.41, 5.74) is 4.40. The van der Waals surface area contributed by atoms with E-state index in [2.05, 4.69) is 16.1 Å². The van der Waals surface area contributed by atoms with E-state index in [-0.39, 0.29) is 0 Å². The highest BCUT2D eigenvalue weighted by Crippen LogP contribution is 2.28. The van der Waals surface area contributed by atoms with E-state index in [1.165, 1.54) is 6.08 Å². The van der Waals surface area contributed by atoms with Gasteiger partial charge in [0.05, 0.1) is 18.2 Å². The predicted octanol–water partition coefficient (Wildman–Crippen LogP) is 3.80. The first-order valence-electron chi connectivity index (χ1n) is 9.51. The molecule has 30 heavy (non-hydrogen) atoms. The van der Waals surface area contributed by atoms with Gasteiger partial charge in [-0.2, -0.15) is 0 Å². The second-order valence-corrected chi connectivity index (χ2v) is 7.10. The fourth-order valence-electron chi connectivity index (χ4n) is 2.64. The maximum atomic E-state index is 11.0. The molecule has 6 nitrogen and oxygen atoms in total. The lowest BCUT2D eigenvalue weighted by Crippen LogP contribution is -2.21. The zero-order chi connectivity index (χ0) is 21.8. The molecule has 0 spiro atoms. The number of carbonyl (C=O) groups excluding carboxylic acids is 1. The largest absolute Gasteiger partial charge is 0.492 e. The van der Waals surface area contributed by atoms with E-state index in [0.717, 1.165) is 29.8 Å². The molecular weight excluding hydrogens is 402 g/mol. The minimum absolute atomic E-state index is 0.557. The molecule has 2 rings (SSSR count). The number of ether oxygens (including phenoxy) is 1. The number of benzene rings is 2. The molecule has 158 valence electrons. The number of amides is 1. The summed E-state index contributed by atoms with van der Waals surface area (Å²) in [5, 5.41) is 12.4. The summed E-state index contributed by atoms with van der Waals surface area (Å²) >= 11 is 6.24. The van der Waals surface area contributed by atoms with E-state index >= 15 is 0 Å². The number of hydrogen-bond donors (Lipinski definition) is 3. The lowest BCUT2D eigenvalue weighted by molar-refractivity contribution is -0.124. The second-order valence-electron chi connectivity index (χ2n) is 6.69. The van der Waals surface area contributed by atoms with Gasteiger partial charge in [-0.05, 0) is 42.8 Å². The average molecular weight is 428 g/mol. The number of terminal acetylenes is 1. The Morgan fingerprint density at radius 3 is 2.77 bits per heavy atom. The van der Waals surface area contributed by atoms with Crippen molar-refractivity contribution in [3.63, 3.8) is 0 Å². The summed E-state index contributed by atoms with van der Waals surface area (Å²) in [7, 11) is 1.98. The molecule has 7 heteroatoms. The molecule has 0 aliphatic carbocycles. The molecule has 2 aromatic carbocycles. The van der Waals surface area contributed by atoms with Crippen molar-refractivity contribution in [2.45, 2.75) is 13.0 Å². The van der Waals surface area contributed by atoms with Crippen molar-refractivity contribution in [1.82, 2.24) is 10.4 Å². The smallest absolute Gasteiger partial charge is 0.267 e. The molecular formula is C23H26ClN3O3. The van der Waals surface area contributed by atoms with Crippen molar-refractivity contribution in [2.24, 2.45) is 0 Å². The Hall–Kier alpha value is -2.98. The number of hydroxylamine groups is 1. The Bertz CT molecular complexity index is 892. The topological polar surface area (TPSA) is 73.8 Å². The molecule has 0 aliphatic rings. The van der Waals surface area contributed by atoms with Gasteiger partial charge in [0.2, 0.25) is 0 Å². The van der Waals surface area contributed by atoms with E-state index in [9.17, 15) is 4.79 Å². The molecule has 1 amide bonds. The zero-order valence-corrected chi connectivity index (χ0v) is 17.7. The molecule has 0 heterocycles. The number of hydrogen-bond acceptors (Lipinski definition) is 5. The molecule has 0 aromatic heterocycles. The summed E-state index contributed by atoms with van der Waals surface area (Å²) in [6.45, 7) is 2.66. The molecule has 0 aliphatic heterocycles. The number of halogens is 1. The number of rotatable bonds is 11. The van der Waals surface area contributed by atoms with Crippen LogP contribution in [-0.2, 0) is 11.3 Å². The number of nitrogens with zero attached hydrogens (tertiary/aromatic N) is 1. The number of nitrogens with one attached hydrogen (secondary N) is 2. The van der Waals surface area contributed by atoms with E-state index in [1.807, 2.05) is 49.5 Å². The average Bonchev–Trinajstić information content (AvgIpc) is 2.76. The Labute approximate surface area is 182 Å². The third kappa shape index (κ3) is 8.18. The van der Waals surface area contributed by atoms with Crippen LogP contribution < -0.4 is 15.5 Å². The van der Waals surface area contributed by atoms with Gasteiger partial charge in [0, 0.05) is 30.9 Å². The molecule has 0 radical (unpaired) electrons. The standard InChI is InChI=1S/C23H26ClN3O3/c1-3-13-27(2)14-4-15-30-22-16-20(10-11-21(22)24)25-17-19-7-5-18(6-8-19)9-12-23(28)26-29/h1,5-12,16,25,29H,4,13-15,17H2,2H3,(H,26,28)/b12-9+. The predicted molar refractivity (Wildman–Crippen MR) is 121 cm³/mol. The molecule has 0 bridgehead atoms. The van der Waals surface area contributed by atoms with Gasteiger partial charge in [-0.25, -0.2) is 5.48 Å². The number of anilines is 1.